The molecule has 7 nitrogen and oxygen atoms in total. The van der Waals surface area contributed by atoms with Crippen LogP contribution in [0.4, 0.5) is 11.4 Å². The Kier molecular flexibility index (Phi) is 5.59. The number of carbonyl (C=O) groups is 2. The number of nitrogens with zero attached hydrogens (tertiary/aromatic N) is 1. The van der Waals surface area contributed by atoms with E-state index in [1.165, 1.54) is 13.0 Å². The molecule has 1 aliphatic rings. The average molecular weight is 339 g/mol. The van der Waals surface area contributed by atoms with E-state index in [0.29, 0.717) is 24.5 Å². The first-order valence-electron chi connectivity index (χ1n) is 7.52. The van der Waals surface area contributed by atoms with E-state index < -0.39 is 10.0 Å². The monoisotopic (exact) mass is 339 g/mol. The number of anilines is 2. The maximum Gasteiger partial charge on any atom is 0.233 e. The van der Waals surface area contributed by atoms with Crippen LogP contribution in [0.2, 0.25) is 0 Å². The Hall–Kier alpha value is -2.09. The molecule has 0 aliphatic carbocycles. The highest BCUT2D eigenvalue weighted by Gasteiger charge is 2.20. The number of amides is 2. The summed E-state index contributed by atoms with van der Waals surface area (Å²) in [6.07, 6.45) is 1.93. The van der Waals surface area contributed by atoms with Crippen LogP contribution in [0.15, 0.2) is 24.3 Å². The van der Waals surface area contributed by atoms with Crippen molar-refractivity contribution < 1.29 is 18.0 Å². The lowest BCUT2D eigenvalue weighted by Crippen LogP contribution is -2.30. The minimum absolute atomic E-state index is 0.0271. The van der Waals surface area contributed by atoms with Gasteiger partial charge in [-0.2, -0.15) is 0 Å². The van der Waals surface area contributed by atoms with E-state index in [0.717, 1.165) is 12.8 Å². The number of hydrogen-bond acceptors (Lipinski definition) is 4. The summed E-state index contributed by atoms with van der Waals surface area (Å²) in [7, 11) is -3.61. The highest BCUT2D eigenvalue weighted by Crippen LogP contribution is 2.17. The maximum atomic E-state index is 12.1. The predicted molar refractivity (Wildman–Crippen MR) is 88.6 cm³/mol. The second-order valence-corrected chi connectivity index (χ2v) is 7.36. The molecule has 1 heterocycles. The molecule has 23 heavy (non-hydrogen) atoms. The minimum Gasteiger partial charge on any atom is -0.343 e. The zero-order valence-corrected chi connectivity index (χ0v) is 13.9. The second-order valence-electron chi connectivity index (χ2n) is 5.52. The highest BCUT2D eigenvalue weighted by molar-refractivity contribution is 7.92. The molecule has 1 aromatic rings. The Bertz CT molecular complexity index is 682. The van der Waals surface area contributed by atoms with Crippen molar-refractivity contribution >= 4 is 33.2 Å². The average Bonchev–Trinajstić information content (AvgIpc) is 2.98. The van der Waals surface area contributed by atoms with Crippen molar-refractivity contribution in [1.82, 2.24) is 4.90 Å². The lowest BCUT2D eigenvalue weighted by Gasteiger charge is -2.15. The van der Waals surface area contributed by atoms with Crippen LogP contribution < -0.4 is 10.0 Å². The largest absolute Gasteiger partial charge is 0.343 e. The van der Waals surface area contributed by atoms with Gasteiger partial charge >= 0.3 is 0 Å². The molecule has 0 radical (unpaired) electrons. The summed E-state index contributed by atoms with van der Waals surface area (Å²) >= 11 is 0. The Morgan fingerprint density at radius 1 is 1.17 bits per heavy atom. The Morgan fingerprint density at radius 3 is 2.48 bits per heavy atom. The van der Waals surface area contributed by atoms with Crippen molar-refractivity contribution in [1.29, 1.82) is 0 Å². The van der Waals surface area contributed by atoms with Gasteiger partial charge in [0.1, 0.15) is 0 Å². The molecule has 2 rings (SSSR count). The molecule has 0 saturated carbocycles. The van der Waals surface area contributed by atoms with Crippen molar-refractivity contribution in [2.24, 2.45) is 0 Å². The van der Waals surface area contributed by atoms with Gasteiger partial charge < -0.3 is 10.2 Å². The maximum absolute atomic E-state index is 12.1. The first-order valence-corrected chi connectivity index (χ1v) is 9.17. The van der Waals surface area contributed by atoms with Crippen LogP contribution in [-0.4, -0.2) is 44.0 Å². The third-order valence-electron chi connectivity index (χ3n) is 3.50. The molecule has 1 fully saturated rings. The summed E-state index contributed by atoms with van der Waals surface area (Å²) < 4.78 is 26.6. The SMILES string of the molecule is CC(=O)Nc1cccc(NS(=O)(=O)CCC(=O)N2CCCC2)c1. The van der Waals surface area contributed by atoms with E-state index in [-0.39, 0.29) is 24.0 Å². The number of benzene rings is 1. The summed E-state index contributed by atoms with van der Waals surface area (Å²) in [5.41, 5.74) is 0.857. The topological polar surface area (TPSA) is 95.6 Å². The van der Waals surface area contributed by atoms with Crippen LogP contribution in [0.5, 0.6) is 0 Å². The molecular formula is C15H21N3O4S. The summed E-state index contributed by atoms with van der Waals surface area (Å²) in [6.45, 7) is 2.80. The third kappa shape index (κ3) is 5.55. The Balaban J connectivity index is 1.92. The van der Waals surface area contributed by atoms with Gasteiger partial charge in [0.05, 0.1) is 11.4 Å². The van der Waals surface area contributed by atoms with E-state index in [1.54, 1.807) is 23.1 Å². The summed E-state index contributed by atoms with van der Waals surface area (Å²) in [6, 6.07) is 6.42. The van der Waals surface area contributed by atoms with Gasteiger partial charge in [-0.05, 0) is 31.0 Å². The zero-order valence-electron chi connectivity index (χ0n) is 13.0. The minimum atomic E-state index is -3.61. The molecule has 1 aliphatic heterocycles. The summed E-state index contributed by atoms with van der Waals surface area (Å²) in [5.74, 6) is -0.617. The fraction of sp³-hybridized carbons (Fsp3) is 0.467. The van der Waals surface area contributed by atoms with E-state index in [2.05, 4.69) is 10.0 Å². The summed E-state index contributed by atoms with van der Waals surface area (Å²) in [4.78, 5) is 24.6. The molecular weight excluding hydrogens is 318 g/mol. The van der Waals surface area contributed by atoms with E-state index in [9.17, 15) is 18.0 Å². The van der Waals surface area contributed by atoms with Gasteiger partial charge in [0.15, 0.2) is 0 Å². The Morgan fingerprint density at radius 2 is 1.83 bits per heavy atom. The normalized spacial score (nSPS) is 14.6. The quantitative estimate of drug-likeness (QED) is 0.819. The number of nitrogens with one attached hydrogen (secondary N) is 2. The number of carbonyl (C=O) groups excluding carboxylic acids is 2. The molecule has 1 aromatic carbocycles. The standard InChI is InChI=1S/C15H21N3O4S/c1-12(19)16-13-5-4-6-14(11-13)17-23(21,22)10-7-15(20)18-8-2-3-9-18/h4-6,11,17H,2-3,7-10H2,1H3,(H,16,19). The van der Waals surface area contributed by atoms with Crippen LogP contribution >= 0.6 is 0 Å². The van der Waals surface area contributed by atoms with Gasteiger partial charge in [-0.25, -0.2) is 8.42 Å². The molecule has 2 amide bonds. The Labute approximate surface area is 136 Å². The second kappa shape index (κ2) is 7.45. The lowest BCUT2D eigenvalue weighted by molar-refractivity contribution is -0.129. The highest BCUT2D eigenvalue weighted by atomic mass is 32.2. The van der Waals surface area contributed by atoms with E-state index in [4.69, 9.17) is 0 Å². The van der Waals surface area contributed by atoms with Gasteiger partial charge in [-0.3, -0.25) is 14.3 Å². The van der Waals surface area contributed by atoms with Gasteiger partial charge in [0.25, 0.3) is 0 Å². The molecule has 0 unspecified atom stereocenters. The van der Waals surface area contributed by atoms with E-state index in [1.807, 2.05) is 0 Å². The molecule has 8 heteroatoms. The molecule has 0 atom stereocenters. The lowest BCUT2D eigenvalue weighted by atomic mass is 10.3. The number of sulfonamides is 1. The van der Waals surface area contributed by atoms with Crippen LogP contribution in [-0.2, 0) is 19.6 Å². The summed E-state index contributed by atoms with van der Waals surface area (Å²) in [5, 5.41) is 2.58. The van der Waals surface area contributed by atoms with Crippen LogP contribution in [0.3, 0.4) is 0 Å². The van der Waals surface area contributed by atoms with Gasteiger partial charge in [0, 0.05) is 32.1 Å². The first-order chi connectivity index (χ1) is 10.9. The van der Waals surface area contributed by atoms with Crippen molar-refractivity contribution in [3.05, 3.63) is 24.3 Å². The van der Waals surface area contributed by atoms with Gasteiger partial charge in [0.2, 0.25) is 21.8 Å². The first kappa shape index (κ1) is 17.3. The fourth-order valence-electron chi connectivity index (χ4n) is 2.44. The van der Waals surface area contributed by atoms with Crippen LogP contribution in [0, 0.1) is 0 Å². The van der Waals surface area contributed by atoms with Crippen LogP contribution in [0.25, 0.3) is 0 Å². The van der Waals surface area contributed by atoms with Crippen molar-refractivity contribution in [2.75, 3.05) is 28.9 Å². The smallest absolute Gasteiger partial charge is 0.233 e. The molecule has 0 bridgehead atoms. The van der Waals surface area contributed by atoms with Crippen LogP contribution in [0.1, 0.15) is 26.2 Å². The van der Waals surface area contributed by atoms with Gasteiger partial charge in [-0.15, -0.1) is 0 Å². The number of hydrogen-bond donors (Lipinski definition) is 2. The molecule has 0 aromatic heterocycles. The number of rotatable bonds is 6. The van der Waals surface area contributed by atoms with Crippen molar-refractivity contribution in [3.63, 3.8) is 0 Å². The van der Waals surface area contributed by atoms with E-state index >= 15 is 0 Å². The molecule has 0 spiro atoms. The fourth-order valence-corrected chi connectivity index (χ4v) is 3.47. The number of likely N-dealkylation sites (tertiary alicyclic amines) is 1. The predicted octanol–water partition coefficient (Wildman–Crippen LogP) is 1.40. The van der Waals surface area contributed by atoms with Crippen molar-refractivity contribution in [3.8, 4) is 0 Å². The zero-order chi connectivity index (χ0) is 16.9. The third-order valence-corrected chi connectivity index (χ3v) is 4.79. The molecule has 126 valence electrons. The molecule has 2 N–H and O–H groups in total. The molecule has 1 saturated heterocycles. The van der Waals surface area contributed by atoms with Crippen molar-refractivity contribution in [2.45, 2.75) is 26.2 Å². The van der Waals surface area contributed by atoms with Gasteiger partial charge in [-0.1, -0.05) is 6.07 Å².